The van der Waals surface area contributed by atoms with Crippen molar-refractivity contribution in [3.05, 3.63) is 53.9 Å². The van der Waals surface area contributed by atoms with E-state index in [2.05, 4.69) is 9.98 Å². The van der Waals surface area contributed by atoms with Crippen molar-refractivity contribution in [3.63, 3.8) is 0 Å². The van der Waals surface area contributed by atoms with Crippen LogP contribution >= 0.6 is 0 Å². The lowest BCUT2D eigenvalue weighted by Crippen LogP contribution is -2.35. The number of carbonyl (C=O) groups is 2. The highest BCUT2D eigenvalue weighted by molar-refractivity contribution is 6.16. The van der Waals surface area contributed by atoms with Crippen LogP contribution < -0.4 is 4.74 Å². The zero-order chi connectivity index (χ0) is 18.6. The SMILES string of the molecule is O=C1CC(COc2cccc(C(=O)N3CCCCC3)c2)=Nc2cnccc21. The quantitative estimate of drug-likeness (QED) is 0.834. The van der Waals surface area contributed by atoms with Crippen molar-refractivity contribution >= 4 is 23.1 Å². The average Bonchev–Trinajstić information content (AvgIpc) is 2.73. The summed E-state index contributed by atoms with van der Waals surface area (Å²) >= 11 is 0. The van der Waals surface area contributed by atoms with Crippen molar-refractivity contribution in [3.8, 4) is 5.75 Å². The Morgan fingerprint density at radius 2 is 2.00 bits per heavy atom. The number of nitrogens with zero attached hydrogens (tertiary/aromatic N) is 3. The number of aromatic nitrogens is 1. The average molecular weight is 363 g/mol. The lowest BCUT2D eigenvalue weighted by atomic mass is 10.0. The van der Waals surface area contributed by atoms with Crippen LogP contribution in [0.4, 0.5) is 5.69 Å². The first-order valence-corrected chi connectivity index (χ1v) is 9.26. The summed E-state index contributed by atoms with van der Waals surface area (Å²) in [5, 5.41) is 0. The summed E-state index contributed by atoms with van der Waals surface area (Å²) in [6.45, 7) is 1.84. The number of aliphatic imine (C=N–C) groups is 1. The van der Waals surface area contributed by atoms with Crippen molar-refractivity contribution in [2.24, 2.45) is 4.99 Å². The molecule has 6 nitrogen and oxygen atoms in total. The molecule has 0 aliphatic carbocycles. The molecule has 1 saturated heterocycles. The third kappa shape index (κ3) is 3.89. The molecule has 0 unspecified atom stereocenters. The van der Waals surface area contributed by atoms with Gasteiger partial charge in [0.2, 0.25) is 0 Å². The first-order valence-electron chi connectivity index (χ1n) is 9.26. The van der Waals surface area contributed by atoms with Gasteiger partial charge in [0.05, 0.1) is 24.0 Å². The van der Waals surface area contributed by atoms with Crippen LogP contribution in [0.25, 0.3) is 0 Å². The first kappa shape index (κ1) is 17.4. The maximum atomic E-state index is 12.6. The number of amides is 1. The summed E-state index contributed by atoms with van der Waals surface area (Å²) in [6, 6.07) is 8.90. The van der Waals surface area contributed by atoms with Crippen molar-refractivity contribution in [2.45, 2.75) is 25.7 Å². The van der Waals surface area contributed by atoms with E-state index in [1.54, 1.807) is 24.5 Å². The Kier molecular flexibility index (Phi) is 4.96. The summed E-state index contributed by atoms with van der Waals surface area (Å²) in [6.07, 6.45) is 6.73. The fourth-order valence-electron chi connectivity index (χ4n) is 3.45. The van der Waals surface area contributed by atoms with E-state index >= 15 is 0 Å². The number of benzene rings is 1. The minimum Gasteiger partial charge on any atom is -0.488 e. The molecule has 1 aromatic heterocycles. The van der Waals surface area contributed by atoms with Gasteiger partial charge in [-0.05, 0) is 43.5 Å². The standard InChI is InChI=1S/C21H21N3O3/c25-20-12-16(23-19-13-22-8-7-18(19)20)14-27-17-6-4-5-15(11-17)21(26)24-9-2-1-3-10-24/h4-8,11,13H,1-3,9-10,12,14H2. The first-order chi connectivity index (χ1) is 13.2. The summed E-state index contributed by atoms with van der Waals surface area (Å²) in [7, 11) is 0. The number of likely N-dealkylation sites (tertiary alicyclic amines) is 1. The number of carbonyl (C=O) groups excluding carboxylic acids is 2. The predicted octanol–water partition coefficient (Wildman–Crippen LogP) is 3.45. The molecule has 1 aromatic carbocycles. The minimum absolute atomic E-state index is 0.0232. The molecule has 0 saturated carbocycles. The molecular weight excluding hydrogens is 342 g/mol. The van der Waals surface area contributed by atoms with E-state index in [0.29, 0.717) is 28.3 Å². The highest BCUT2D eigenvalue weighted by Gasteiger charge is 2.21. The lowest BCUT2D eigenvalue weighted by molar-refractivity contribution is 0.0723. The van der Waals surface area contributed by atoms with Gasteiger partial charge in [0, 0.05) is 30.4 Å². The molecule has 6 heteroatoms. The topological polar surface area (TPSA) is 71.9 Å². The van der Waals surface area contributed by atoms with Crippen LogP contribution in [0.3, 0.4) is 0 Å². The van der Waals surface area contributed by atoms with Gasteiger partial charge in [0.25, 0.3) is 5.91 Å². The summed E-state index contributed by atoms with van der Waals surface area (Å²) in [4.78, 5) is 35.2. The molecule has 4 rings (SSSR count). The van der Waals surface area contributed by atoms with Crippen LogP contribution in [0.1, 0.15) is 46.4 Å². The predicted molar refractivity (Wildman–Crippen MR) is 102 cm³/mol. The maximum Gasteiger partial charge on any atom is 0.253 e. The number of hydrogen-bond donors (Lipinski definition) is 0. The number of rotatable bonds is 4. The van der Waals surface area contributed by atoms with Gasteiger partial charge in [0.15, 0.2) is 5.78 Å². The number of fused-ring (bicyclic) bond motifs is 1. The summed E-state index contributed by atoms with van der Waals surface area (Å²) in [5.41, 5.74) is 2.48. The molecule has 0 spiro atoms. The third-order valence-corrected chi connectivity index (χ3v) is 4.87. The molecule has 27 heavy (non-hydrogen) atoms. The van der Waals surface area contributed by atoms with E-state index < -0.39 is 0 Å². The van der Waals surface area contributed by atoms with Gasteiger partial charge in [0.1, 0.15) is 12.4 Å². The summed E-state index contributed by atoms with van der Waals surface area (Å²) in [5.74, 6) is 0.672. The van der Waals surface area contributed by atoms with Gasteiger partial charge in [-0.2, -0.15) is 0 Å². The number of Topliss-reactive ketones (excluding diaryl/α,β-unsaturated/α-hetero) is 1. The second-order valence-corrected chi connectivity index (χ2v) is 6.84. The van der Waals surface area contributed by atoms with Crippen molar-refractivity contribution in [1.29, 1.82) is 0 Å². The van der Waals surface area contributed by atoms with E-state index in [-0.39, 0.29) is 24.7 Å². The van der Waals surface area contributed by atoms with Crippen LogP contribution in [0, 0.1) is 0 Å². The van der Waals surface area contributed by atoms with Gasteiger partial charge in [-0.15, -0.1) is 0 Å². The largest absolute Gasteiger partial charge is 0.488 e. The minimum atomic E-state index is 0.0232. The molecule has 2 aliphatic rings. The Morgan fingerprint density at radius 1 is 1.15 bits per heavy atom. The van der Waals surface area contributed by atoms with Crippen molar-refractivity contribution in [2.75, 3.05) is 19.7 Å². The van der Waals surface area contributed by atoms with Crippen molar-refractivity contribution < 1.29 is 14.3 Å². The second kappa shape index (κ2) is 7.70. The van der Waals surface area contributed by atoms with Crippen molar-refractivity contribution in [1.82, 2.24) is 9.88 Å². The molecule has 0 atom stereocenters. The van der Waals surface area contributed by atoms with E-state index in [9.17, 15) is 9.59 Å². The van der Waals surface area contributed by atoms with Gasteiger partial charge in [-0.25, -0.2) is 0 Å². The highest BCUT2D eigenvalue weighted by atomic mass is 16.5. The molecule has 2 aliphatic heterocycles. The van der Waals surface area contributed by atoms with Crippen LogP contribution in [0.15, 0.2) is 47.7 Å². The number of ketones is 1. The van der Waals surface area contributed by atoms with E-state index in [1.165, 1.54) is 6.42 Å². The molecule has 3 heterocycles. The Labute approximate surface area is 157 Å². The Bertz CT molecular complexity index is 901. The van der Waals surface area contributed by atoms with E-state index in [4.69, 9.17) is 4.74 Å². The van der Waals surface area contributed by atoms with Crippen LogP contribution in [0.5, 0.6) is 5.75 Å². The van der Waals surface area contributed by atoms with Gasteiger partial charge in [-0.3, -0.25) is 19.6 Å². The van der Waals surface area contributed by atoms with Crippen LogP contribution in [-0.2, 0) is 0 Å². The zero-order valence-electron chi connectivity index (χ0n) is 15.1. The molecule has 1 amide bonds. The summed E-state index contributed by atoms with van der Waals surface area (Å²) < 4.78 is 5.81. The second-order valence-electron chi connectivity index (χ2n) is 6.84. The zero-order valence-corrected chi connectivity index (χ0v) is 15.1. The monoisotopic (exact) mass is 363 g/mol. The molecular formula is C21H21N3O3. The number of hydrogen-bond acceptors (Lipinski definition) is 5. The lowest BCUT2D eigenvalue weighted by Gasteiger charge is -2.26. The van der Waals surface area contributed by atoms with Gasteiger partial charge in [-0.1, -0.05) is 6.07 Å². The molecule has 138 valence electrons. The molecule has 0 radical (unpaired) electrons. The fourth-order valence-corrected chi connectivity index (χ4v) is 3.45. The highest BCUT2D eigenvalue weighted by Crippen LogP contribution is 2.25. The number of piperidine rings is 1. The smallest absolute Gasteiger partial charge is 0.253 e. The van der Waals surface area contributed by atoms with Gasteiger partial charge < -0.3 is 9.64 Å². The Balaban J connectivity index is 1.44. The Hall–Kier alpha value is -3.02. The molecule has 2 aromatic rings. The molecule has 0 N–H and O–H groups in total. The Morgan fingerprint density at radius 3 is 2.85 bits per heavy atom. The molecule has 1 fully saturated rings. The van der Waals surface area contributed by atoms with Crippen LogP contribution in [0.2, 0.25) is 0 Å². The number of pyridine rings is 1. The van der Waals surface area contributed by atoms with Gasteiger partial charge >= 0.3 is 0 Å². The fraction of sp³-hybridized carbons (Fsp3) is 0.333. The normalized spacial score (nSPS) is 16.5. The van der Waals surface area contributed by atoms with E-state index in [0.717, 1.165) is 25.9 Å². The van der Waals surface area contributed by atoms with Crippen LogP contribution in [-0.4, -0.2) is 47.0 Å². The van der Waals surface area contributed by atoms with E-state index in [1.807, 2.05) is 23.1 Å². The third-order valence-electron chi connectivity index (χ3n) is 4.87. The maximum absolute atomic E-state index is 12.6. The molecule has 0 bridgehead atoms. The number of ether oxygens (including phenoxy) is 1.